The fourth-order valence-electron chi connectivity index (χ4n) is 2.16. The van der Waals surface area contributed by atoms with Crippen LogP contribution in [0.4, 0.5) is 18.9 Å². The lowest BCUT2D eigenvalue weighted by molar-refractivity contribution is -0.138. The predicted octanol–water partition coefficient (Wildman–Crippen LogP) is 1.46. The highest BCUT2D eigenvalue weighted by molar-refractivity contribution is 7.89. The van der Waals surface area contributed by atoms with E-state index in [1.165, 1.54) is 19.1 Å². The van der Waals surface area contributed by atoms with E-state index in [0.717, 1.165) is 6.07 Å². The van der Waals surface area contributed by atoms with Crippen molar-refractivity contribution in [3.63, 3.8) is 0 Å². The molecule has 1 heterocycles. The van der Waals surface area contributed by atoms with Crippen molar-refractivity contribution in [2.45, 2.75) is 24.5 Å². The van der Waals surface area contributed by atoms with Gasteiger partial charge in [0.05, 0.1) is 10.5 Å². The van der Waals surface area contributed by atoms with Crippen LogP contribution in [-0.2, 0) is 27.5 Å². The molecule has 1 amide bonds. The van der Waals surface area contributed by atoms with Crippen molar-refractivity contribution in [3.05, 3.63) is 58.0 Å². The standard InChI is InChI=1S/C15H14F3N3O4S/c1-9-2-4-11(6-12(9)26(19,24)25)20-13(22)8-21-7-10(15(16,17)18)3-5-14(21)23/h2-7H,8H2,1H3,(H,20,22)(H2,19,24,25). The lowest BCUT2D eigenvalue weighted by Gasteiger charge is -2.12. The van der Waals surface area contributed by atoms with E-state index in [0.29, 0.717) is 28.5 Å². The summed E-state index contributed by atoms with van der Waals surface area (Å²) in [7, 11) is -4.01. The Kier molecular flexibility index (Phi) is 5.23. The molecule has 0 saturated heterocycles. The van der Waals surface area contributed by atoms with Crippen LogP contribution in [0.2, 0.25) is 0 Å². The molecule has 0 aliphatic rings. The van der Waals surface area contributed by atoms with Gasteiger partial charge in [0.25, 0.3) is 5.56 Å². The first-order chi connectivity index (χ1) is 11.9. The number of pyridine rings is 1. The normalized spacial score (nSPS) is 12.0. The average Bonchev–Trinajstić information content (AvgIpc) is 2.49. The van der Waals surface area contributed by atoms with Crippen LogP contribution in [0.3, 0.4) is 0 Å². The molecule has 2 aromatic rings. The third kappa shape index (κ3) is 4.70. The molecule has 7 nitrogen and oxygen atoms in total. The minimum atomic E-state index is -4.66. The first-order valence-corrected chi connectivity index (χ1v) is 8.63. The summed E-state index contributed by atoms with van der Waals surface area (Å²) in [4.78, 5) is 23.4. The number of nitrogens with zero attached hydrogens (tertiary/aromatic N) is 1. The number of anilines is 1. The second kappa shape index (κ2) is 6.92. The van der Waals surface area contributed by atoms with Gasteiger partial charge in [-0.05, 0) is 30.7 Å². The summed E-state index contributed by atoms with van der Waals surface area (Å²) in [5, 5.41) is 7.38. The number of sulfonamides is 1. The number of hydrogen-bond acceptors (Lipinski definition) is 4. The Morgan fingerprint density at radius 3 is 2.46 bits per heavy atom. The van der Waals surface area contributed by atoms with Gasteiger partial charge in [-0.15, -0.1) is 0 Å². The Bertz CT molecular complexity index is 1010. The van der Waals surface area contributed by atoms with Crippen LogP contribution in [0.25, 0.3) is 0 Å². The summed E-state index contributed by atoms with van der Waals surface area (Å²) < 4.78 is 61.6. The number of primary sulfonamides is 1. The van der Waals surface area contributed by atoms with Crippen LogP contribution in [0.15, 0.2) is 46.2 Å². The van der Waals surface area contributed by atoms with Crippen molar-refractivity contribution in [2.24, 2.45) is 5.14 Å². The van der Waals surface area contributed by atoms with Gasteiger partial charge in [-0.1, -0.05) is 6.07 Å². The van der Waals surface area contributed by atoms with E-state index in [2.05, 4.69) is 5.32 Å². The summed E-state index contributed by atoms with van der Waals surface area (Å²) in [5.74, 6) is -0.810. The van der Waals surface area contributed by atoms with Crippen LogP contribution in [0, 0.1) is 6.92 Å². The van der Waals surface area contributed by atoms with E-state index in [4.69, 9.17) is 5.14 Å². The summed E-state index contributed by atoms with van der Waals surface area (Å²) in [5.41, 5.74) is -1.43. The maximum Gasteiger partial charge on any atom is 0.417 e. The summed E-state index contributed by atoms with van der Waals surface area (Å²) in [6.07, 6.45) is -4.12. The largest absolute Gasteiger partial charge is 0.417 e. The lowest BCUT2D eigenvalue weighted by atomic mass is 10.2. The number of carbonyl (C=O) groups is 1. The molecular weight excluding hydrogens is 375 g/mol. The lowest BCUT2D eigenvalue weighted by Crippen LogP contribution is -2.28. The van der Waals surface area contributed by atoms with Crippen LogP contribution < -0.4 is 16.0 Å². The monoisotopic (exact) mass is 389 g/mol. The van der Waals surface area contributed by atoms with E-state index >= 15 is 0 Å². The maximum atomic E-state index is 12.7. The second-order valence-electron chi connectivity index (χ2n) is 5.46. The Balaban J connectivity index is 2.24. The zero-order valence-electron chi connectivity index (χ0n) is 13.4. The van der Waals surface area contributed by atoms with E-state index in [1.54, 1.807) is 0 Å². The number of aryl methyl sites for hydroxylation is 1. The number of hydrogen-bond donors (Lipinski definition) is 2. The van der Waals surface area contributed by atoms with Gasteiger partial charge in [0.2, 0.25) is 15.9 Å². The molecule has 0 unspecified atom stereocenters. The molecule has 1 aromatic carbocycles. The summed E-state index contributed by atoms with van der Waals surface area (Å²) >= 11 is 0. The van der Waals surface area contributed by atoms with Gasteiger partial charge < -0.3 is 9.88 Å². The van der Waals surface area contributed by atoms with Gasteiger partial charge in [0.15, 0.2) is 0 Å². The smallest absolute Gasteiger partial charge is 0.324 e. The Morgan fingerprint density at radius 2 is 1.88 bits per heavy atom. The molecule has 0 aliphatic heterocycles. The highest BCUT2D eigenvalue weighted by Crippen LogP contribution is 2.28. The summed E-state index contributed by atoms with van der Waals surface area (Å²) in [6.45, 7) is 0.828. The Labute approximate surface area is 146 Å². The number of carbonyl (C=O) groups excluding carboxylic acids is 1. The molecule has 0 aliphatic carbocycles. The van der Waals surface area contributed by atoms with Gasteiger partial charge in [0, 0.05) is 18.0 Å². The van der Waals surface area contributed by atoms with Crippen molar-refractivity contribution >= 4 is 21.6 Å². The molecule has 2 rings (SSSR count). The highest BCUT2D eigenvalue weighted by atomic mass is 32.2. The quantitative estimate of drug-likeness (QED) is 0.825. The average molecular weight is 389 g/mol. The molecule has 11 heteroatoms. The number of aromatic nitrogens is 1. The number of amides is 1. The first kappa shape index (κ1) is 19.7. The van der Waals surface area contributed by atoms with Gasteiger partial charge in [-0.3, -0.25) is 9.59 Å². The van der Waals surface area contributed by atoms with Crippen LogP contribution in [0.1, 0.15) is 11.1 Å². The van der Waals surface area contributed by atoms with Crippen LogP contribution in [0.5, 0.6) is 0 Å². The Morgan fingerprint density at radius 1 is 1.23 bits per heavy atom. The highest BCUT2D eigenvalue weighted by Gasteiger charge is 2.31. The molecule has 26 heavy (non-hydrogen) atoms. The fourth-order valence-corrected chi connectivity index (χ4v) is 2.97. The minimum absolute atomic E-state index is 0.0737. The van der Waals surface area contributed by atoms with E-state index in [1.807, 2.05) is 0 Å². The maximum absolute atomic E-state index is 12.7. The summed E-state index contributed by atoms with van der Waals surface area (Å²) in [6, 6.07) is 5.26. The molecule has 0 atom stereocenters. The van der Waals surface area contributed by atoms with E-state index in [9.17, 15) is 31.2 Å². The number of nitrogens with one attached hydrogen (secondary N) is 1. The number of alkyl halides is 3. The number of nitrogens with two attached hydrogens (primary N) is 1. The van der Waals surface area contributed by atoms with Crippen LogP contribution in [-0.4, -0.2) is 18.9 Å². The third-order valence-electron chi connectivity index (χ3n) is 3.40. The SMILES string of the molecule is Cc1ccc(NC(=O)Cn2cc(C(F)(F)F)ccc2=O)cc1S(N)(=O)=O. The minimum Gasteiger partial charge on any atom is -0.324 e. The molecule has 3 N–H and O–H groups in total. The number of benzene rings is 1. The Hall–Kier alpha value is -2.66. The van der Waals surface area contributed by atoms with Crippen molar-refractivity contribution in [3.8, 4) is 0 Å². The van der Waals surface area contributed by atoms with Crippen molar-refractivity contribution in [1.29, 1.82) is 0 Å². The molecule has 1 aromatic heterocycles. The molecule has 0 fully saturated rings. The van der Waals surface area contributed by atoms with E-state index < -0.39 is 39.8 Å². The number of halogens is 3. The van der Waals surface area contributed by atoms with Gasteiger partial charge >= 0.3 is 6.18 Å². The molecule has 0 spiro atoms. The zero-order valence-corrected chi connectivity index (χ0v) is 14.2. The predicted molar refractivity (Wildman–Crippen MR) is 86.9 cm³/mol. The molecule has 140 valence electrons. The van der Waals surface area contributed by atoms with E-state index in [-0.39, 0.29) is 10.6 Å². The van der Waals surface area contributed by atoms with Gasteiger partial charge in [-0.2, -0.15) is 13.2 Å². The second-order valence-corrected chi connectivity index (χ2v) is 6.98. The molecule has 0 bridgehead atoms. The van der Waals surface area contributed by atoms with Crippen molar-refractivity contribution in [2.75, 3.05) is 5.32 Å². The third-order valence-corrected chi connectivity index (χ3v) is 4.46. The number of rotatable bonds is 4. The molecule has 0 radical (unpaired) electrons. The molecule has 0 saturated carbocycles. The van der Waals surface area contributed by atoms with Gasteiger partial charge in [0.1, 0.15) is 6.54 Å². The van der Waals surface area contributed by atoms with Crippen molar-refractivity contribution in [1.82, 2.24) is 4.57 Å². The fraction of sp³-hybridized carbons (Fsp3) is 0.200. The van der Waals surface area contributed by atoms with Crippen molar-refractivity contribution < 1.29 is 26.4 Å². The zero-order chi connectivity index (χ0) is 19.7. The molecular formula is C15H14F3N3O4S. The topological polar surface area (TPSA) is 111 Å². The van der Waals surface area contributed by atoms with Crippen LogP contribution >= 0.6 is 0 Å². The van der Waals surface area contributed by atoms with Gasteiger partial charge in [-0.25, -0.2) is 13.6 Å². The first-order valence-electron chi connectivity index (χ1n) is 7.09.